The van der Waals surface area contributed by atoms with Crippen molar-refractivity contribution in [1.82, 2.24) is 0 Å². The van der Waals surface area contributed by atoms with Crippen LogP contribution in [0, 0.1) is 41.4 Å². The minimum Gasteiger partial charge on any atom is -0.521 e. The van der Waals surface area contributed by atoms with Gasteiger partial charge in [0, 0.05) is 63.2 Å². The third kappa shape index (κ3) is 529. The maximum absolute atomic E-state index is 4.74. The summed E-state index contributed by atoms with van der Waals surface area (Å²) in [5, 5.41) is 0. The summed E-state index contributed by atoms with van der Waals surface area (Å²) < 4.78 is 0. The van der Waals surface area contributed by atoms with Crippen molar-refractivity contribution in [1.29, 1.82) is 0 Å². The van der Waals surface area contributed by atoms with Gasteiger partial charge in [0.25, 0.3) is 0 Å². The molecule has 0 aliphatic carbocycles. The molecule has 0 spiro atoms. The van der Waals surface area contributed by atoms with E-state index in [-0.39, 0.29) is 91.7 Å². The van der Waals surface area contributed by atoms with E-state index in [0.717, 1.165) is 0 Å². The number of thiol groups is 1. The topological polar surface area (TPSA) is 0 Å². The Morgan fingerprint density at radius 3 is 1.00 bits per heavy atom. The van der Waals surface area contributed by atoms with Crippen LogP contribution in [0.15, 0.2) is 13.2 Å². The van der Waals surface area contributed by atoms with Crippen molar-refractivity contribution in [3.63, 3.8) is 0 Å². The second-order valence-electron chi connectivity index (χ2n) is 0.512. The first-order valence-corrected chi connectivity index (χ1v) is 3.17. The van der Waals surface area contributed by atoms with Gasteiger partial charge in [-0.2, -0.15) is 6.42 Å². The van der Waals surface area contributed by atoms with Crippen LogP contribution in [0.1, 0.15) is 6.42 Å². The zero-order valence-electron chi connectivity index (χ0n) is 9.05. The largest absolute Gasteiger partial charge is 2.00 e. The van der Waals surface area contributed by atoms with Crippen molar-refractivity contribution in [2.24, 2.45) is 0 Å². The zero-order valence-corrected chi connectivity index (χ0v) is 21.7. The van der Waals surface area contributed by atoms with E-state index in [4.69, 9.17) is 6.92 Å². The van der Waals surface area contributed by atoms with Crippen LogP contribution in [0.25, 0.3) is 0 Å². The summed E-state index contributed by atoms with van der Waals surface area (Å²) in [7, 11) is 0. The molecule has 15 heavy (non-hydrogen) atoms. The molecular weight excluding hydrogens is 888 g/mol. The fraction of sp³-hybridized carbons (Fsp3) is 0.200. The maximum Gasteiger partial charge on any atom is 2.00 e. The van der Waals surface area contributed by atoms with Crippen LogP contribution in [-0.4, -0.2) is 5.75 Å². The van der Waals surface area contributed by atoms with E-state index in [2.05, 4.69) is 52.8 Å². The molecule has 0 nitrogen and oxygen atoms in total. The van der Waals surface area contributed by atoms with Crippen molar-refractivity contribution in [2.45, 2.75) is 6.42 Å². The summed E-state index contributed by atoms with van der Waals surface area (Å²) in [5.41, 5.74) is 0. The molecule has 0 aromatic rings. The van der Waals surface area contributed by atoms with Gasteiger partial charge in [-0.25, -0.2) is 12.6 Å². The second kappa shape index (κ2) is 192. The predicted molar refractivity (Wildman–Crippen MR) is 59.8 cm³/mol. The average Bonchev–Trinajstić information content (AvgIpc) is 1.99. The van der Waals surface area contributed by atoms with Gasteiger partial charge < -0.3 is 34.4 Å². The third-order valence-corrected chi connectivity index (χ3v) is 0. The summed E-state index contributed by atoms with van der Waals surface area (Å²) in [6.07, 6.45) is 0.500. The first kappa shape index (κ1) is 65.6. The Kier molecular flexibility index (Phi) is 839. The summed E-state index contributed by atoms with van der Waals surface area (Å²) in [6.45, 7) is 25.4. The molecule has 0 saturated carbocycles. The van der Waals surface area contributed by atoms with Crippen molar-refractivity contribution < 1.29 is 84.3 Å². The monoisotopic (exact) mass is 907 g/mol. The van der Waals surface area contributed by atoms with Gasteiger partial charge in [0.2, 0.25) is 0 Å². The van der Waals surface area contributed by atoms with E-state index in [1.807, 2.05) is 0 Å². The quantitative estimate of drug-likeness (QED) is 0.281. The van der Waals surface area contributed by atoms with Crippen LogP contribution < -0.4 is 0 Å². The van der Waals surface area contributed by atoms with Crippen LogP contribution in [0.5, 0.6) is 0 Å². The summed E-state index contributed by atoms with van der Waals surface area (Å²) >= 11 is 3.68. The molecule has 0 aromatic carbocycles. The minimum atomic E-state index is 0. The van der Waals surface area contributed by atoms with E-state index in [0.29, 0.717) is 12.2 Å². The molecular formula is C10H19SW4-3. The fourth-order valence-electron chi connectivity index (χ4n) is 0. The normalized spacial score (nSPS) is 2.93. The van der Waals surface area contributed by atoms with Gasteiger partial charge >= 0.3 is 21.1 Å². The molecule has 0 aromatic heterocycles. The van der Waals surface area contributed by atoms with Gasteiger partial charge in [-0.15, -0.1) is 5.75 Å². The Hall–Kier alpha value is 2.58. The van der Waals surface area contributed by atoms with Crippen LogP contribution >= 0.6 is 12.6 Å². The molecule has 5 heteroatoms. The molecule has 0 saturated heterocycles. The molecule has 0 heterocycles. The van der Waals surface area contributed by atoms with Gasteiger partial charge in [-0.3, -0.25) is 13.2 Å². The summed E-state index contributed by atoms with van der Waals surface area (Å²) in [4.78, 5) is 0. The van der Waals surface area contributed by atoms with Gasteiger partial charge in [-0.1, -0.05) is 6.92 Å². The van der Waals surface area contributed by atoms with Crippen LogP contribution in [0.4, 0.5) is 0 Å². The zero-order chi connectivity index (χ0) is 9.41. The van der Waals surface area contributed by atoms with E-state index in [9.17, 15) is 0 Å². The van der Waals surface area contributed by atoms with Crippen LogP contribution in [0.3, 0.4) is 0 Å². The third-order valence-electron chi connectivity index (χ3n) is 0. The first-order valence-electron chi connectivity index (χ1n) is 2.54. The molecule has 0 bridgehead atoms. The number of hydrogen-bond donors (Lipinski definition) is 1. The Bertz CT molecular complexity index is 29.4. The molecule has 0 atom stereocenters. The molecule has 0 amide bonds. The van der Waals surface area contributed by atoms with Gasteiger partial charge in [0.1, 0.15) is 0 Å². The molecule has 0 N–H and O–H groups in total. The van der Waals surface area contributed by atoms with Gasteiger partial charge in [0.15, 0.2) is 0 Å². The molecule has 0 unspecified atom stereocenters. The molecule has 0 rings (SSSR count). The maximum atomic E-state index is 4.74. The molecule has 0 aliphatic rings. The molecule has 0 fully saturated rings. The van der Waals surface area contributed by atoms with Crippen LogP contribution in [0.2, 0.25) is 0 Å². The van der Waals surface area contributed by atoms with E-state index >= 15 is 0 Å². The Morgan fingerprint density at radius 2 is 1.00 bits per heavy atom. The van der Waals surface area contributed by atoms with Gasteiger partial charge in [0.05, 0.1) is 0 Å². The van der Waals surface area contributed by atoms with Crippen LogP contribution in [-0.2, 0) is 84.3 Å². The summed E-state index contributed by atoms with van der Waals surface area (Å²) in [6, 6.07) is 0. The van der Waals surface area contributed by atoms with E-state index in [1.54, 1.807) is 0 Å². The standard InChI is InChI=1S/C3H5.C2H5S.2C2H3.CH3.4W/c1-3-2;1-2-3;2*1-2;;;;;/h1H,2-3H2;3H,1-2H2;2*1H,2H2;1H3;;;;/q5*-1;;;;+2. The van der Waals surface area contributed by atoms with Crippen molar-refractivity contribution in [2.75, 3.05) is 5.75 Å². The number of hydrogen-bond acceptors (Lipinski definition) is 1. The smallest absolute Gasteiger partial charge is 0.521 e. The SMILES string of the molecule is [CH-]=C.[CH-]=C.[CH2-]CS.[CH3-].[CH]C[CH2-].[W+2].[W].[W].[W]. The van der Waals surface area contributed by atoms with E-state index < -0.39 is 0 Å². The Labute approximate surface area is 161 Å². The minimum absolute atomic E-state index is 0. The fourth-order valence-corrected chi connectivity index (χ4v) is 0. The molecule has 0 aliphatic heterocycles. The Balaban J connectivity index is -0.00000000418. The molecule has 2 radical (unpaired) electrons. The Morgan fingerprint density at radius 1 is 1.00 bits per heavy atom. The van der Waals surface area contributed by atoms with E-state index in [1.165, 1.54) is 0 Å². The van der Waals surface area contributed by atoms with Crippen molar-refractivity contribution in [3.05, 3.63) is 54.5 Å². The van der Waals surface area contributed by atoms with Gasteiger partial charge in [-0.05, 0) is 0 Å². The first-order chi connectivity index (χ1) is 4.83. The predicted octanol–water partition coefficient (Wildman–Crippen LogP) is 3.32. The summed E-state index contributed by atoms with van der Waals surface area (Å²) in [5.74, 6) is 0.694. The average molecular weight is 907 g/mol. The second-order valence-corrected chi connectivity index (χ2v) is 0.959. The van der Waals surface area contributed by atoms with Crippen molar-refractivity contribution >= 4 is 12.6 Å². The molecule has 92 valence electrons. The number of rotatable bonds is 0. The van der Waals surface area contributed by atoms with Crippen molar-refractivity contribution in [3.8, 4) is 0 Å².